The Morgan fingerprint density at radius 3 is 2.58 bits per heavy atom. The molecule has 0 spiro atoms. The fourth-order valence-electron chi connectivity index (χ4n) is 2.46. The van der Waals surface area contributed by atoms with E-state index in [9.17, 15) is 18.0 Å². The van der Waals surface area contributed by atoms with E-state index in [1.54, 1.807) is 17.0 Å². The summed E-state index contributed by atoms with van der Waals surface area (Å²) in [6.45, 7) is 3.27. The van der Waals surface area contributed by atoms with Gasteiger partial charge in [-0.3, -0.25) is 9.69 Å². The molecule has 1 aliphatic heterocycles. The molecular weight excluding hydrogens is 364 g/mol. The smallest absolute Gasteiger partial charge is 0.376 e. The molecular formula is C16H17Cl2F3N2O. The van der Waals surface area contributed by atoms with E-state index in [-0.39, 0.29) is 0 Å². The van der Waals surface area contributed by atoms with Crippen LogP contribution in [0.3, 0.4) is 0 Å². The van der Waals surface area contributed by atoms with Gasteiger partial charge in [-0.05, 0) is 24.1 Å². The molecule has 0 amide bonds. The van der Waals surface area contributed by atoms with Crippen molar-refractivity contribution in [1.29, 1.82) is 0 Å². The zero-order chi connectivity index (χ0) is 17.7. The zero-order valence-corrected chi connectivity index (χ0v) is 14.3. The van der Waals surface area contributed by atoms with Crippen LogP contribution in [0.4, 0.5) is 13.2 Å². The summed E-state index contributed by atoms with van der Waals surface area (Å²) in [6.07, 6.45) is -2.21. The van der Waals surface area contributed by atoms with Crippen molar-refractivity contribution in [1.82, 2.24) is 9.80 Å². The third-order valence-electron chi connectivity index (χ3n) is 3.75. The first-order valence-corrected chi connectivity index (χ1v) is 8.21. The van der Waals surface area contributed by atoms with Crippen LogP contribution in [-0.2, 0) is 11.3 Å². The van der Waals surface area contributed by atoms with Crippen LogP contribution in [0.1, 0.15) is 12.0 Å². The number of hydrogen-bond donors (Lipinski definition) is 0. The molecule has 0 bridgehead atoms. The third kappa shape index (κ3) is 5.69. The summed E-state index contributed by atoms with van der Waals surface area (Å²) >= 11 is 12.0. The second kappa shape index (κ2) is 8.23. The maximum Gasteiger partial charge on any atom is 0.454 e. The van der Waals surface area contributed by atoms with Crippen molar-refractivity contribution in [3.63, 3.8) is 0 Å². The molecule has 8 heteroatoms. The molecule has 0 aromatic heterocycles. The Balaban J connectivity index is 1.90. The summed E-state index contributed by atoms with van der Waals surface area (Å²) in [5, 5.41) is 1.17. The maximum absolute atomic E-state index is 12.2. The highest BCUT2D eigenvalue weighted by Gasteiger charge is 2.36. The molecule has 3 nitrogen and oxygen atoms in total. The van der Waals surface area contributed by atoms with Gasteiger partial charge in [0.2, 0.25) is 0 Å². The summed E-state index contributed by atoms with van der Waals surface area (Å²) in [6, 6.07) is 5.33. The van der Waals surface area contributed by atoms with E-state index < -0.39 is 12.0 Å². The van der Waals surface area contributed by atoms with Gasteiger partial charge in [-0.25, -0.2) is 0 Å². The number of ketones is 1. The Labute approximate surface area is 148 Å². The number of rotatable bonds is 4. The van der Waals surface area contributed by atoms with E-state index in [0.717, 1.165) is 18.5 Å². The Kier molecular flexibility index (Phi) is 6.54. The SMILES string of the molecule is O=C(C=CN1CCCN(Cc2ccc(Cl)cc2Cl)CC1)C(F)(F)F. The first-order valence-electron chi connectivity index (χ1n) is 7.45. The van der Waals surface area contributed by atoms with Crippen LogP contribution >= 0.6 is 23.2 Å². The summed E-state index contributed by atoms with van der Waals surface area (Å²) < 4.78 is 36.6. The van der Waals surface area contributed by atoms with E-state index >= 15 is 0 Å². The van der Waals surface area contributed by atoms with Crippen molar-refractivity contribution < 1.29 is 18.0 Å². The largest absolute Gasteiger partial charge is 0.454 e. The second-order valence-electron chi connectivity index (χ2n) is 5.58. The van der Waals surface area contributed by atoms with Gasteiger partial charge in [-0.15, -0.1) is 0 Å². The van der Waals surface area contributed by atoms with Crippen LogP contribution in [-0.4, -0.2) is 47.9 Å². The van der Waals surface area contributed by atoms with Crippen molar-refractivity contribution in [3.05, 3.63) is 46.1 Å². The molecule has 0 atom stereocenters. The molecule has 1 heterocycles. The van der Waals surface area contributed by atoms with Crippen molar-refractivity contribution >= 4 is 29.0 Å². The number of carbonyl (C=O) groups excluding carboxylic acids is 1. The molecule has 2 rings (SSSR count). The maximum atomic E-state index is 12.2. The van der Waals surface area contributed by atoms with E-state index in [4.69, 9.17) is 23.2 Å². The average Bonchev–Trinajstić information content (AvgIpc) is 2.72. The molecule has 0 radical (unpaired) electrons. The standard InChI is InChI=1S/C16H17Cl2F3N2O/c17-13-3-2-12(14(18)10-13)11-23-6-1-5-22(8-9-23)7-4-15(24)16(19,20)21/h2-4,7,10H,1,5-6,8-9,11H2. The predicted molar refractivity (Wildman–Crippen MR) is 88.1 cm³/mol. The van der Waals surface area contributed by atoms with Gasteiger partial charge in [0, 0.05) is 55.0 Å². The molecule has 24 heavy (non-hydrogen) atoms. The molecule has 0 aliphatic carbocycles. The Bertz CT molecular complexity index is 620. The topological polar surface area (TPSA) is 23.6 Å². The van der Waals surface area contributed by atoms with Crippen molar-refractivity contribution in [2.75, 3.05) is 26.2 Å². The van der Waals surface area contributed by atoms with Crippen LogP contribution in [0.5, 0.6) is 0 Å². The molecule has 1 aliphatic rings. The van der Waals surface area contributed by atoms with Crippen molar-refractivity contribution in [3.8, 4) is 0 Å². The Hall–Kier alpha value is -1.24. The van der Waals surface area contributed by atoms with Gasteiger partial charge < -0.3 is 4.90 Å². The molecule has 0 N–H and O–H groups in total. The normalized spacial score (nSPS) is 17.3. The quantitative estimate of drug-likeness (QED) is 0.733. The highest BCUT2D eigenvalue weighted by Crippen LogP contribution is 2.23. The van der Waals surface area contributed by atoms with Gasteiger partial charge in [0.05, 0.1) is 0 Å². The second-order valence-corrected chi connectivity index (χ2v) is 6.42. The Morgan fingerprint density at radius 2 is 1.92 bits per heavy atom. The molecule has 0 unspecified atom stereocenters. The van der Waals surface area contributed by atoms with E-state index in [2.05, 4.69) is 4.90 Å². The summed E-state index contributed by atoms with van der Waals surface area (Å²) in [4.78, 5) is 14.8. The van der Waals surface area contributed by atoms with Gasteiger partial charge in [0.1, 0.15) is 0 Å². The fraction of sp³-hybridized carbons (Fsp3) is 0.438. The van der Waals surface area contributed by atoms with Crippen LogP contribution in [0.2, 0.25) is 10.0 Å². The zero-order valence-electron chi connectivity index (χ0n) is 12.8. The van der Waals surface area contributed by atoms with Crippen molar-refractivity contribution in [2.45, 2.75) is 19.1 Å². The van der Waals surface area contributed by atoms with Crippen LogP contribution in [0, 0.1) is 0 Å². The molecule has 1 aromatic rings. The van der Waals surface area contributed by atoms with Gasteiger partial charge in [0.15, 0.2) is 0 Å². The molecule has 1 saturated heterocycles. The van der Waals surface area contributed by atoms with Gasteiger partial charge in [-0.2, -0.15) is 13.2 Å². The Morgan fingerprint density at radius 1 is 1.17 bits per heavy atom. The summed E-state index contributed by atoms with van der Waals surface area (Å²) in [5.41, 5.74) is 0.956. The van der Waals surface area contributed by atoms with E-state index in [1.165, 1.54) is 6.20 Å². The number of carbonyl (C=O) groups is 1. The lowest BCUT2D eigenvalue weighted by Crippen LogP contribution is -2.28. The molecule has 0 saturated carbocycles. The van der Waals surface area contributed by atoms with Crippen LogP contribution in [0.25, 0.3) is 0 Å². The lowest BCUT2D eigenvalue weighted by atomic mass is 10.2. The first kappa shape index (κ1) is 19.1. The number of alkyl halides is 3. The minimum absolute atomic E-state index is 0.548. The van der Waals surface area contributed by atoms with E-state index in [1.807, 2.05) is 6.07 Å². The van der Waals surface area contributed by atoms with E-state index in [0.29, 0.717) is 42.3 Å². The lowest BCUT2D eigenvalue weighted by Gasteiger charge is -2.21. The minimum Gasteiger partial charge on any atom is -0.376 e. The summed E-state index contributed by atoms with van der Waals surface area (Å²) in [7, 11) is 0. The highest BCUT2D eigenvalue weighted by atomic mass is 35.5. The molecule has 132 valence electrons. The van der Waals surface area contributed by atoms with Crippen LogP contribution < -0.4 is 0 Å². The van der Waals surface area contributed by atoms with Crippen LogP contribution in [0.15, 0.2) is 30.5 Å². The predicted octanol–water partition coefficient (Wildman–Crippen LogP) is 4.15. The minimum atomic E-state index is -4.82. The first-order chi connectivity index (χ1) is 11.3. The van der Waals surface area contributed by atoms with Gasteiger partial charge >= 0.3 is 6.18 Å². The fourth-order valence-corrected chi connectivity index (χ4v) is 2.92. The number of halogens is 5. The summed E-state index contributed by atoms with van der Waals surface area (Å²) in [5.74, 6) is -1.84. The molecule has 1 aromatic carbocycles. The van der Waals surface area contributed by atoms with Gasteiger partial charge in [-0.1, -0.05) is 29.3 Å². The monoisotopic (exact) mass is 380 g/mol. The number of hydrogen-bond acceptors (Lipinski definition) is 3. The number of allylic oxidation sites excluding steroid dienone is 1. The average molecular weight is 381 g/mol. The number of nitrogens with zero attached hydrogens (tertiary/aromatic N) is 2. The highest BCUT2D eigenvalue weighted by molar-refractivity contribution is 6.35. The number of benzene rings is 1. The van der Waals surface area contributed by atoms with Crippen molar-refractivity contribution in [2.24, 2.45) is 0 Å². The third-order valence-corrected chi connectivity index (χ3v) is 4.34. The molecule has 1 fully saturated rings. The van der Waals surface area contributed by atoms with Gasteiger partial charge in [0.25, 0.3) is 5.78 Å². The lowest BCUT2D eigenvalue weighted by molar-refractivity contribution is -0.165.